The summed E-state index contributed by atoms with van der Waals surface area (Å²) in [5, 5.41) is 0.802. The van der Waals surface area contributed by atoms with Crippen molar-refractivity contribution >= 4 is 56.6 Å². The second kappa shape index (κ2) is 5.33. The number of amides is 2. The van der Waals surface area contributed by atoms with Gasteiger partial charge in [-0.15, -0.1) is 0 Å². The maximum absolute atomic E-state index is 12.6. The van der Waals surface area contributed by atoms with Gasteiger partial charge in [0, 0.05) is 20.4 Å². The van der Waals surface area contributed by atoms with Gasteiger partial charge in [0.05, 0.1) is 17.5 Å². The van der Waals surface area contributed by atoms with Gasteiger partial charge in [-0.05, 0) is 35.9 Å². The number of nitrogens with zero attached hydrogens (tertiary/aromatic N) is 1. The third-order valence-corrected chi connectivity index (χ3v) is 5.36. The van der Waals surface area contributed by atoms with Crippen LogP contribution >= 0.6 is 39.1 Å². The number of rotatable bonds is 2. The molecule has 3 nitrogen and oxygen atoms in total. The van der Waals surface area contributed by atoms with Crippen molar-refractivity contribution in [2.24, 2.45) is 11.8 Å². The van der Waals surface area contributed by atoms with Crippen LogP contribution in [-0.2, 0) is 9.59 Å². The maximum atomic E-state index is 12.6. The lowest BCUT2D eigenvalue weighted by atomic mass is 10.1. The van der Waals surface area contributed by atoms with E-state index in [0.717, 1.165) is 10.0 Å². The molecule has 4 rings (SSSR count). The lowest BCUT2D eigenvalue weighted by Crippen LogP contribution is -2.34. The van der Waals surface area contributed by atoms with Crippen LogP contribution in [-0.4, -0.2) is 11.8 Å². The van der Waals surface area contributed by atoms with Crippen LogP contribution in [0.2, 0.25) is 10.0 Å². The number of carbonyl (C=O) groups is 2. The molecule has 0 radical (unpaired) electrons. The van der Waals surface area contributed by atoms with Crippen molar-refractivity contribution in [1.82, 2.24) is 0 Å². The van der Waals surface area contributed by atoms with E-state index in [1.807, 2.05) is 24.3 Å². The first kappa shape index (κ1) is 15.2. The van der Waals surface area contributed by atoms with Gasteiger partial charge >= 0.3 is 0 Å². The molecule has 0 aromatic heterocycles. The Kier molecular flexibility index (Phi) is 3.52. The minimum atomic E-state index is -0.276. The fourth-order valence-corrected chi connectivity index (χ4v) is 4.13. The molecule has 6 heteroatoms. The predicted molar refractivity (Wildman–Crippen MR) is 92.8 cm³/mol. The summed E-state index contributed by atoms with van der Waals surface area (Å²) >= 11 is 15.3. The van der Waals surface area contributed by atoms with Gasteiger partial charge in [0.25, 0.3) is 0 Å². The van der Waals surface area contributed by atoms with Gasteiger partial charge < -0.3 is 0 Å². The zero-order chi connectivity index (χ0) is 16.3. The number of hydrogen-bond donors (Lipinski definition) is 0. The highest BCUT2D eigenvalue weighted by molar-refractivity contribution is 9.10. The van der Waals surface area contributed by atoms with Gasteiger partial charge in [-0.2, -0.15) is 0 Å². The van der Waals surface area contributed by atoms with Crippen molar-refractivity contribution in [3.63, 3.8) is 0 Å². The van der Waals surface area contributed by atoms with E-state index in [0.29, 0.717) is 15.7 Å². The molecule has 1 saturated heterocycles. The van der Waals surface area contributed by atoms with Gasteiger partial charge in [-0.3, -0.25) is 9.59 Å². The minimum Gasteiger partial charge on any atom is -0.274 e. The van der Waals surface area contributed by atoms with E-state index in [-0.39, 0.29) is 29.6 Å². The number of carbonyl (C=O) groups excluding carboxylic acids is 2. The lowest BCUT2D eigenvalue weighted by molar-refractivity contribution is -0.123. The monoisotopic (exact) mass is 409 g/mol. The molecular formula is C17H10BrCl2NO2. The summed E-state index contributed by atoms with van der Waals surface area (Å²) in [6, 6.07) is 12.5. The van der Waals surface area contributed by atoms with E-state index < -0.39 is 0 Å². The van der Waals surface area contributed by atoms with Gasteiger partial charge in [-0.25, -0.2) is 4.90 Å². The minimum absolute atomic E-state index is 0.0194. The van der Waals surface area contributed by atoms with Gasteiger partial charge in [0.2, 0.25) is 11.8 Å². The molecule has 1 aliphatic heterocycles. The third-order valence-electron chi connectivity index (χ3n) is 4.39. The van der Waals surface area contributed by atoms with Crippen LogP contribution in [0.15, 0.2) is 46.9 Å². The smallest absolute Gasteiger partial charge is 0.238 e. The SMILES string of the molecule is O=C1C2C(c3ccc(Br)cc3)[C@@H]2C(=O)N1c1cc(Cl)cc(Cl)c1. The second-order valence-electron chi connectivity index (χ2n) is 5.77. The number of piperidine rings is 1. The van der Waals surface area contributed by atoms with Crippen LogP contribution in [0.5, 0.6) is 0 Å². The number of hydrogen-bond acceptors (Lipinski definition) is 2. The third kappa shape index (κ3) is 2.40. The molecule has 1 aliphatic carbocycles. The highest BCUT2D eigenvalue weighted by Gasteiger charge is 2.67. The first-order valence-electron chi connectivity index (χ1n) is 7.07. The Balaban J connectivity index is 1.64. The van der Waals surface area contributed by atoms with Crippen LogP contribution in [0.4, 0.5) is 5.69 Å². The molecule has 1 saturated carbocycles. The van der Waals surface area contributed by atoms with Crippen molar-refractivity contribution in [3.8, 4) is 0 Å². The Bertz CT molecular complexity index is 795. The fraction of sp³-hybridized carbons (Fsp3) is 0.176. The molecule has 116 valence electrons. The van der Waals surface area contributed by atoms with E-state index in [9.17, 15) is 9.59 Å². The summed E-state index contributed by atoms with van der Waals surface area (Å²) in [6.07, 6.45) is 0. The molecule has 23 heavy (non-hydrogen) atoms. The summed E-state index contributed by atoms with van der Waals surface area (Å²) in [6.45, 7) is 0. The Morgan fingerprint density at radius 2 is 1.35 bits per heavy atom. The quantitative estimate of drug-likeness (QED) is 0.675. The van der Waals surface area contributed by atoms with Crippen molar-refractivity contribution in [2.75, 3.05) is 4.90 Å². The largest absolute Gasteiger partial charge is 0.274 e. The molecule has 2 aliphatic rings. The summed E-state index contributed by atoms with van der Waals surface area (Å²) in [5.74, 6) is -0.922. The van der Waals surface area contributed by atoms with Crippen LogP contribution in [0.1, 0.15) is 11.5 Å². The van der Waals surface area contributed by atoms with E-state index in [2.05, 4.69) is 15.9 Å². The van der Waals surface area contributed by atoms with Crippen molar-refractivity contribution in [2.45, 2.75) is 5.92 Å². The van der Waals surface area contributed by atoms with E-state index in [1.54, 1.807) is 18.2 Å². The first-order valence-corrected chi connectivity index (χ1v) is 8.61. The first-order chi connectivity index (χ1) is 11.0. The van der Waals surface area contributed by atoms with E-state index in [4.69, 9.17) is 23.2 Å². The lowest BCUT2D eigenvalue weighted by Gasteiger charge is -2.19. The Morgan fingerprint density at radius 3 is 1.87 bits per heavy atom. The highest BCUT2D eigenvalue weighted by Crippen LogP contribution is 2.60. The highest BCUT2D eigenvalue weighted by atomic mass is 79.9. The molecule has 0 bridgehead atoms. The Labute approximate surface area is 151 Å². The van der Waals surface area contributed by atoms with Gasteiger partial charge in [0.15, 0.2) is 0 Å². The van der Waals surface area contributed by atoms with Gasteiger partial charge in [-0.1, -0.05) is 51.3 Å². The van der Waals surface area contributed by atoms with E-state index in [1.165, 1.54) is 4.90 Å². The Hall–Kier alpha value is -1.36. The average Bonchev–Trinajstić information content (AvgIpc) is 3.16. The zero-order valence-corrected chi connectivity index (χ0v) is 14.8. The van der Waals surface area contributed by atoms with Crippen LogP contribution < -0.4 is 4.90 Å². The molecule has 2 amide bonds. The summed E-state index contributed by atoms with van der Waals surface area (Å²) < 4.78 is 0.972. The Morgan fingerprint density at radius 1 is 0.826 bits per heavy atom. The normalized spacial score (nSPS) is 25.7. The number of fused-ring (bicyclic) bond motifs is 1. The molecule has 2 aromatic carbocycles. The fourth-order valence-electron chi connectivity index (χ4n) is 3.35. The van der Waals surface area contributed by atoms with Crippen LogP contribution in [0.25, 0.3) is 0 Å². The molecule has 0 N–H and O–H groups in total. The average molecular weight is 411 g/mol. The standard InChI is InChI=1S/C17H10BrCl2NO2/c18-9-3-1-8(2-4-9)13-14-15(13)17(23)21(16(14)22)12-6-10(19)5-11(20)7-12/h1-7,13-15H/t13?,14-,15?/m0/s1. The molecule has 0 spiro atoms. The van der Waals surface area contributed by atoms with Crippen LogP contribution in [0, 0.1) is 11.8 Å². The zero-order valence-electron chi connectivity index (χ0n) is 11.7. The number of benzene rings is 2. The topological polar surface area (TPSA) is 37.4 Å². The molecule has 3 atom stereocenters. The predicted octanol–water partition coefficient (Wildman–Crippen LogP) is 4.66. The van der Waals surface area contributed by atoms with E-state index >= 15 is 0 Å². The summed E-state index contributed by atoms with van der Waals surface area (Å²) in [5.41, 5.74) is 1.47. The number of imide groups is 1. The molecule has 2 fully saturated rings. The molecule has 2 unspecified atom stereocenters. The maximum Gasteiger partial charge on any atom is 0.238 e. The molecule has 2 aromatic rings. The number of halogens is 3. The van der Waals surface area contributed by atoms with Crippen molar-refractivity contribution in [3.05, 3.63) is 62.5 Å². The van der Waals surface area contributed by atoms with Crippen molar-refractivity contribution < 1.29 is 9.59 Å². The van der Waals surface area contributed by atoms with Gasteiger partial charge in [0.1, 0.15) is 0 Å². The molecular weight excluding hydrogens is 401 g/mol. The summed E-state index contributed by atoms with van der Waals surface area (Å²) in [7, 11) is 0. The number of anilines is 1. The van der Waals surface area contributed by atoms with Crippen molar-refractivity contribution in [1.29, 1.82) is 0 Å². The van der Waals surface area contributed by atoms with Crippen LogP contribution in [0.3, 0.4) is 0 Å². The second-order valence-corrected chi connectivity index (χ2v) is 7.56. The molecule has 1 heterocycles. The summed E-state index contributed by atoms with van der Waals surface area (Å²) in [4.78, 5) is 26.5.